The van der Waals surface area contributed by atoms with E-state index in [1.807, 2.05) is 0 Å². The summed E-state index contributed by atoms with van der Waals surface area (Å²) in [5.74, 6) is 0.217. The van der Waals surface area contributed by atoms with Gasteiger partial charge in [-0.05, 0) is 23.8 Å². The van der Waals surface area contributed by atoms with Crippen LogP contribution in [0.3, 0.4) is 0 Å². The lowest BCUT2D eigenvalue weighted by atomic mass is 10.2. The van der Waals surface area contributed by atoms with Gasteiger partial charge in [0, 0.05) is 37.5 Å². The molecule has 29 heavy (non-hydrogen) atoms. The monoisotopic (exact) mass is 393 g/mol. The minimum Gasteiger partial charge on any atom is -0.454 e. The zero-order valence-electron chi connectivity index (χ0n) is 15.6. The third kappa shape index (κ3) is 4.86. The number of amides is 1. The SMILES string of the molecule is C=CCN(Cc1cccc([N+](=O)[O-])c1)C(=O)c1ccc(Cn2ccccc2=O)o1. The fourth-order valence-corrected chi connectivity index (χ4v) is 2.86. The second kappa shape index (κ2) is 8.83. The zero-order chi connectivity index (χ0) is 20.8. The lowest BCUT2D eigenvalue weighted by molar-refractivity contribution is -0.384. The van der Waals surface area contributed by atoms with Crippen LogP contribution < -0.4 is 5.56 Å². The van der Waals surface area contributed by atoms with Crippen molar-refractivity contribution in [3.8, 4) is 0 Å². The first-order valence-electron chi connectivity index (χ1n) is 8.85. The first kappa shape index (κ1) is 19.8. The maximum absolute atomic E-state index is 12.9. The summed E-state index contributed by atoms with van der Waals surface area (Å²) in [4.78, 5) is 36.7. The van der Waals surface area contributed by atoms with Crippen LogP contribution in [0.25, 0.3) is 0 Å². The van der Waals surface area contributed by atoms with Gasteiger partial charge in [-0.2, -0.15) is 0 Å². The van der Waals surface area contributed by atoms with Crippen LogP contribution in [0.5, 0.6) is 0 Å². The van der Waals surface area contributed by atoms with Crippen LogP contribution in [0.1, 0.15) is 21.9 Å². The van der Waals surface area contributed by atoms with E-state index in [0.29, 0.717) is 11.3 Å². The number of nitrogens with zero attached hydrogens (tertiary/aromatic N) is 3. The first-order valence-corrected chi connectivity index (χ1v) is 8.85. The van der Waals surface area contributed by atoms with Crippen LogP contribution in [0.2, 0.25) is 0 Å². The van der Waals surface area contributed by atoms with Crippen LogP contribution in [-0.4, -0.2) is 26.8 Å². The number of carbonyl (C=O) groups is 1. The summed E-state index contributed by atoms with van der Waals surface area (Å²) in [6.07, 6.45) is 3.21. The number of hydrogen-bond donors (Lipinski definition) is 0. The molecule has 0 unspecified atom stereocenters. The maximum Gasteiger partial charge on any atom is 0.290 e. The van der Waals surface area contributed by atoms with Crippen molar-refractivity contribution < 1.29 is 14.1 Å². The lowest BCUT2D eigenvalue weighted by Gasteiger charge is -2.20. The molecule has 1 aromatic carbocycles. The number of aromatic nitrogens is 1. The standard InChI is InChI=1S/C21H19N3O5/c1-2-11-23(14-16-6-5-7-17(13-16)24(27)28)21(26)19-10-9-18(29-19)15-22-12-4-3-8-20(22)25/h2-10,12-13H,1,11,14-15H2. The molecule has 0 aliphatic rings. The normalized spacial score (nSPS) is 10.5. The van der Waals surface area contributed by atoms with Crippen LogP contribution in [0.4, 0.5) is 5.69 Å². The van der Waals surface area contributed by atoms with Gasteiger partial charge in [-0.15, -0.1) is 6.58 Å². The van der Waals surface area contributed by atoms with Gasteiger partial charge in [-0.1, -0.05) is 24.3 Å². The number of furan rings is 1. The molecule has 148 valence electrons. The summed E-state index contributed by atoms with van der Waals surface area (Å²) in [6, 6.07) is 14.1. The Hall–Kier alpha value is -3.94. The van der Waals surface area contributed by atoms with E-state index in [-0.39, 0.29) is 42.5 Å². The molecule has 0 aliphatic carbocycles. The summed E-state index contributed by atoms with van der Waals surface area (Å²) < 4.78 is 7.11. The predicted molar refractivity (Wildman–Crippen MR) is 107 cm³/mol. The number of nitro benzene ring substituents is 1. The van der Waals surface area contributed by atoms with Crippen LogP contribution in [-0.2, 0) is 13.1 Å². The van der Waals surface area contributed by atoms with E-state index < -0.39 is 4.92 Å². The highest BCUT2D eigenvalue weighted by Gasteiger charge is 2.20. The summed E-state index contributed by atoms with van der Waals surface area (Å²) in [5.41, 5.74) is 0.412. The van der Waals surface area contributed by atoms with Gasteiger partial charge in [0.15, 0.2) is 5.76 Å². The van der Waals surface area contributed by atoms with Gasteiger partial charge in [-0.3, -0.25) is 19.7 Å². The molecule has 0 bridgehead atoms. The Morgan fingerprint density at radius 2 is 2.03 bits per heavy atom. The molecule has 8 heteroatoms. The molecule has 8 nitrogen and oxygen atoms in total. The molecule has 2 heterocycles. The van der Waals surface area contributed by atoms with Crippen molar-refractivity contribution >= 4 is 11.6 Å². The molecule has 0 aliphatic heterocycles. The van der Waals surface area contributed by atoms with E-state index in [1.54, 1.807) is 48.7 Å². The van der Waals surface area contributed by atoms with E-state index in [4.69, 9.17) is 4.42 Å². The molecular weight excluding hydrogens is 374 g/mol. The number of pyridine rings is 1. The smallest absolute Gasteiger partial charge is 0.290 e. The molecule has 0 atom stereocenters. The van der Waals surface area contributed by atoms with E-state index in [2.05, 4.69) is 6.58 Å². The van der Waals surface area contributed by atoms with Crippen molar-refractivity contribution in [3.05, 3.63) is 111 Å². The van der Waals surface area contributed by atoms with Gasteiger partial charge >= 0.3 is 0 Å². The molecule has 1 amide bonds. The van der Waals surface area contributed by atoms with E-state index >= 15 is 0 Å². The molecule has 3 rings (SSSR count). The number of rotatable bonds is 8. The van der Waals surface area contributed by atoms with Gasteiger partial charge in [-0.25, -0.2) is 0 Å². The van der Waals surface area contributed by atoms with E-state index in [0.717, 1.165) is 0 Å². The molecule has 3 aromatic rings. The van der Waals surface area contributed by atoms with Crippen LogP contribution in [0, 0.1) is 10.1 Å². The van der Waals surface area contributed by atoms with Gasteiger partial charge in [0.1, 0.15) is 5.76 Å². The maximum atomic E-state index is 12.9. The summed E-state index contributed by atoms with van der Waals surface area (Å²) in [7, 11) is 0. The van der Waals surface area contributed by atoms with Crippen LogP contribution >= 0.6 is 0 Å². The van der Waals surface area contributed by atoms with Crippen molar-refractivity contribution in [2.24, 2.45) is 0 Å². The highest BCUT2D eigenvalue weighted by Crippen LogP contribution is 2.17. The van der Waals surface area contributed by atoms with Crippen molar-refractivity contribution in [1.29, 1.82) is 0 Å². The Labute approximate surface area is 166 Å². The fourth-order valence-electron chi connectivity index (χ4n) is 2.86. The van der Waals surface area contributed by atoms with Gasteiger partial charge in [0.25, 0.3) is 17.2 Å². The van der Waals surface area contributed by atoms with E-state index in [9.17, 15) is 19.7 Å². The Morgan fingerprint density at radius 1 is 1.21 bits per heavy atom. The molecular formula is C21H19N3O5. The molecule has 0 saturated carbocycles. The average Bonchev–Trinajstić information content (AvgIpc) is 3.17. The fraction of sp³-hybridized carbons (Fsp3) is 0.143. The summed E-state index contributed by atoms with van der Waals surface area (Å²) in [5, 5.41) is 11.0. The Bertz CT molecular complexity index is 1100. The molecule has 0 radical (unpaired) electrons. The highest BCUT2D eigenvalue weighted by atomic mass is 16.6. The molecule has 0 fully saturated rings. The zero-order valence-corrected chi connectivity index (χ0v) is 15.6. The largest absolute Gasteiger partial charge is 0.454 e. The van der Waals surface area contributed by atoms with Gasteiger partial charge < -0.3 is 13.9 Å². The second-order valence-electron chi connectivity index (χ2n) is 6.33. The molecule has 0 spiro atoms. The summed E-state index contributed by atoms with van der Waals surface area (Å²) >= 11 is 0. The quantitative estimate of drug-likeness (QED) is 0.332. The first-order chi connectivity index (χ1) is 14.0. The van der Waals surface area contributed by atoms with Gasteiger partial charge in [0.05, 0.1) is 11.5 Å². The Balaban J connectivity index is 1.77. The minimum absolute atomic E-state index is 0.0397. The third-order valence-electron chi connectivity index (χ3n) is 4.23. The number of non-ortho nitro benzene ring substituents is 1. The van der Waals surface area contributed by atoms with Crippen molar-refractivity contribution in [3.63, 3.8) is 0 Å². The van der Waals surface area contributed by atoms with E-state index in [1.165, 1.54) is 27.7 Å². The van der Waals surface area contributed by atoms with Gasteiger partial charge in [0.2, 0.25) is 0 Å². The molecule has 0 saturated heterocycles. The van der Waals surface area contributed by atoms with Crippen LogP contribution in [0.15, 0.2) is 82.7 Å². The predicted octanol–water partition coefficient (Wildman–Crippen LogP) is 3.23. The third-order valence-corrected chi connectivity index (χ3v) is 4.23. The Kier molecular flexibility index (Phi) is 6.03. The topological polar surface area (TPSA) is 98.6 Å². The van der Waals surface area contributed by atoms with Crippen molar-refractivity contribution in [2.75, 3.05) is 6.54 Å². The Morgan fingerprint density at radius 3 is 2.76 bits per heavy atom. The average molecular weight is 393 g/mol. The molecule has 0 N–H and O–H groups in total. The van der Waals surface area contributed by atoms with Crippen molar-refractivity contribution in [2.45, 2.75) is 13.1 Å². The van der Waals surface area contributed by atoms with Crippen molar-refractivity contribution in [1.82, 2.24) is 9.47 Å². The summed E-state index contributed by atoms with van der Waals surface area (Å²) in [6.45, 7) is 4.28. The number of hydrogen-bond acceptors (Lipinski definition) is 5. The highest BCUT2D eigenvalue weighted by molar-refractivity contribution is 5.91. The number of nitro groups is 1. The molecule has 2 aromatic heterocycles. The minimum atomic E-state index is -0.479. The lowest BCUT2D eigenvalue weighted by Crippen LogP contribution is -2.30. The second-order valence-corrected chi connectivity index (χ2v) is 6.33. The number of carbonyl (C=O) groups excluding carboxylic acids is 1. The number of benzene rings is 1.